The number of carboxylic acids is 1. The normalized spacial score (nSPS) is 11.5. The number of nitrogens with zero attached hydrogens (tertiary/aromatic N) is 3. The number of carbonyl (C=O) groups excluding carboxylic acids is 2. The van der Waals surface area contributed by atoms with Crippen LogP contribution < -0.4 is 10.6 Å². The molecule has 0 spiro atoms. The second-order valence-corrected chi connectivity index (χ2v) is 8.08. The number of aromatic nitrogens is 3. The second kappa shape index (κ2) is 11.2. The van der Waals surface area contributed by atoms with Crippen LogP contribution in [0.1, 0.15) is 39.5 Å². The minimum atomic E-state index is -1.09. The van der Waals surface area contributed by atoms with Crippen LogP contribution in [0.2, 0.25) is 0 Å². The van der Waals surface area contributed by atoms with E-state index in [1.807, 2.05) is 0 Å². The Bertz CT molecular complexity index is 1230. The zero-order valence-electron chi connectivity index (χ0n) is 18.2. The Balaban J connectivity index is 1.67. The van der Waals surface area contributed by atoms with E-state index in [9.17, 15) is 18.8 Å². The molecular weight excluding hydrogens is 461 g/mol. The van der Waals surface area contributed by atoms with Crippen molar-refractivity contribution in [1.82, 2.24) is 20.1 Å². The van der Waals surface area contributed by atoms with Crippen molar-refractivity contribution in [3.63, 3.8) is 0 Å². The molecule has 9 nitrogen and oxygen atoms in total. The van der Waals surface area contributed by atoms with Gasteiger partial charge in [0.25, 0.3) is 5.91 Å². The molecule has 1 aromatic heterocycles. The van der Waals surface area contributed by atoms with Gasteiger partial charge in [-0.3, -0.25) is 9.59 Å². The molecule has 176 valence electrons. The van der Waals surface area contributed by atoms with Crippen molar-refractivity contribution in [3.8, 4) is 0 Å². The van der Waals surface area contributed by atoms with E-state index in [-0.39, 0.29) is 22.8 Å². The first-order valence-electron chi connectivity index (χ1n) is 10.2. The largest absolute Gasteiger partial charge is 0.478 e. The van der Waals surface area contributed by atoms with Gasteiger partial charge in [0.05, 0.1) is 22.9 Å². The molecule has 2 amide bonds. The van der Waals surface area contributed by atoms with Crippen LogP contribution in [-0.4, -0.2) is 43.4 Å². The summed E-state index contributed by atoms with van der Waals surface area (Å²) < 4.78 is 15.6. The molecule has 0 aliphatic rings. The Morgan fingerprint density at radius 3 is 2.68 bits per heavy atom. The molecule has 2 aromatic carbocycles. The topological polar surface area (TPSA) is 126 Å². The Hall–Kier alpha value is -3.99. The van der Waals surface area contributed by atoms with Gasteiger partial charge in [0, 0.05) is 12.2 Å². The summed E-state index contributed by atoms with van der Waals surface area (Å²) in [5.41, 5.74) is 0.345. The van der Waals surface area contributed by atoms with Gasteiger partial charge in [0.15, 0.2) is 11.0 Å². The summed E-state index contributed by atoms with van der Waals surface area (Å²) in [6.45, 7) is 5.74. The standard InChI is InChI=1S/C23H22FN5O4S/c1-3-11-29-20(14(2)25-21(31)17-9-4-5-10-18(17)24)27-28-23(29)34-13-19(30)26-16-8-6-7-15(12-16)22(32)33/h3-10,12,14H,1,11,13H2,2H3,(H,25,31)(H,26,30)(H,32,33)/t14-/m0/s1. The van der Waals surface area contributed by atoms with Gasteiger partial charge >= 0.3 is 5.97 Å². The van der Waals surface area contributed by atoms with Gasteiger partial charge in [-0.25, -0.2) is 9.18 Å². The lowest BCUT2D eigenvalue weighted by Crippen LogP contribution is -2.29. The van der Waals surface area contributed by atoms with Crippen molar-refractivity contribution in [2.24, 2.45) is 0 Å². The number of carbonyl (C=O) groups is 3. The van der Waals surface area contributed by atoms with Crippen molar-refractivity contribution in [3.05, 3.63) is 84.0 Å². The highest BCUT2D eigenvalue weighted by Gasteiger charge is 2.21. The Morgan fingerprint density at radius 2 is 1.97 bits per heavy atom. The summed E-state index contributed by atoms with van der Waals surface area (Å²) in [6.07, 6.45) is 1.62. The summed E-state index contributed by atoms with van der Waals surface area (Å²) in [4.78, 5) is 35.9. The number of nitrogens with one attached hydrogen (secondary N) is 2. The van der Waals surface area contributed by atoms with Crippen LogP contribution in [0.15, 0.2) is 66.3 Å². The number of aromatic carboxylic acids is 1. The monoisotopic (exact) mass is 483 g/mol. The Labute approximate surface area is 199 Å². The minimum Gasteiger partial charge on any atom is -0.478 e. The van der Waals surface area contributed by atoms with E-state index in [4.69, 9.17) is 5.11 Å². The lowest BCUT2D eigenvalue weighted by atomic mass is 10.2. The second-order valence-electron chi connectivity index (χ2n) is 7.14. The van der Waals surface area contributed by atoms with Crippen LogP contribution in [0, 0.1) is 5.82 Å². The molecule has 0 unspecified atom stereocenters. The van der Waals surface area contributed by atoms with Gasteiger partial charge in [0.1, 0.15) is 5.82 Å². The van der Waals surface area contributed by atoms with Crippen molar-refractivity contribution in [2.75, 3.05) is 11.1 Å². The fourth-order valence-electron chi connectivity index (χ4n) is 3.07. The lowest BCUT2D eigenvalue weighted by molar-refractivity contribution is -0.113. The highest BCUT2D eigenvalue weighted by Crippen LogP contribution is 2.22. The van der Waals surface area contributed by atoms with Crippen molar-refractivity contribution < 1.29 is 23.9 Å². The number of benzene rings is 2. The van der Waals surface area contributed by atoms with E-state index in [1.165, 1.54) is 36.4 Å². The molecule has 0 saturated heterocycles. The zero-order chi connectivity index (χ0) is 24.7. The third-order valence-corrected chi connectivity index (χ3v) is 5.60. The van der Waals surface area contributed by atoms with Crippen LogP contribution in [0.5, 0.6) is 0 Å². The molecule has 1 heterocycles. The van der Waals surface area contributed by atoms with Crippen LogP contribution in [0.3, 0.4) is 0 Å². The molecule has 0 aliphatic carbocycles. The summed E-state index contributed by atoms with van der Waals surface area (Å²) in [5.74, 6) is -2.26. The molecule has 11 heteroatoms. The van der Waals surface area contributed by atoms with E-state index in [0.29, 0.717) is 23.2 Å². The predicted molar refractivity (Wildman–Crippen MR) is 125 cm³/mol. The zero-order valence-corrected chi connectivity index (χ0v) is 19.0. The summed E-state index contributed by atoms with van der Waals surface area (Å²) in [7, 11) is 0. The number of thioether (sulfide) groups is 1. The average molecular weight is 484 g/mol. The van der Waals surface area contributed by atoms with E-state index >= 15 is 0 Å². The Morgan fingerprint density at radius 1 is 1.21 bits per heavy atom. The molecule has 3 N–H and O–H groups in total. The number of carboxylic acid groups (broad SMARTS) is 1. The third-order valence-electron chi connectivity index (χ3n) is 4.64. The van der Waals surface area contributed by atoms with Crippen molar-refractivity contribution >= 4 is 35.2 Å². The SMILES string of the molecule is C=CCn1c(SCC(=O)Nc2cccc(C(=O)O)c2)nnc1[C@H](C)NC(=O)c1ccccc1F. The molecule has 1 atom stereocenters. The third kappa shape index (κ3) is 6.07. The fourth-order valence-corrected chi connectivity index (χ4v) is 3.82. The van der Waals surface area contributed by atoms with E-state index < -0.39 is 23.7 Å². The maximum Gasteiger partial charge on any atom is 0.335 e. The molecular formula is C23H22FN5O4S. The van der Waals surface area contributed by atoms with Gasteiger partial charge in [-0.15, -0.1) is 16.8 Å². The molecule has 0 aliphatic heterocycles. The first kappa shape index (κ1) is 24.6. The summed E-state index contributed by atoms with van der Waals surface area (Å²) >= 11 is 1.12. The number of hydrogen-bond acceptors (Lipinski definition) is 6. The molecule has 0 saturated carbocycles. The Kier molecular flexibility index (Phi) is 8.14. The molecule has 0 bridgehead atoms. The number of amides is 2. The molecule has 0 fully saturated rings. The fraction of sp³-hybridized carbons (Fsp3) is 0.174. The average Bonchev–Trinajstić information content (AvgIpc) is 3.21. The van der Waals surface area contributed by atoms with Crippen molar-refractivity contribution in [2.45, 2.75) is 24.7 Å². The molecule has 0 radical (unpaired) electrons. The van der Waals surface area contributed by atoms with E-state index in [1.54, 1.807) is 29.7 Å². The molecule has 34 heavy (non-hydrogen) atoms. The molecule has 3 aromatic rings. The summed E-state index contributed by atoms with van der Waals surface area (Å²) in [5, 5.41) is 23.1. The van der Waals surface area contributed by atoms with Gasteiger partial charge in [-0.2, -0.15) is 0 Å². The highest BCUT2D eigenvalue weighted by atomic mass is 32.2. The quantitative estimate of drug-likeness (QED) is 0.297. The molecule has 3 rings (SSSR count). The van der Waals surface area contributed by atoms with Gasteiger partial charge < -0.3 is 20.3 Å². The predicted octanol–water partition coefficient (Wildman–Crippen LogP) is 3.52. The van der Waals surface area contributed by atoms with Gasteiger partial charge in [0.2, 0.25) is 5.91 Å². The van der Waals surface area contributed by atoms with Gasteiger partial charge in [-0.05, 0) is 37.3 Å². The summed E-state index contributed by atoms with van der Waals surface area (Å²) in [6, 6.07) is 11.0. The highest BCUT2D eigenvalue weighted by molar-refractivity contribution is 7.99. The number of anilines is 1. The smallest absolute Gasteiger partial charge is 0.335 e. The van der Waals surface area contributed by atoms with Gasteiger partial charge in [-0.1, -0.05) is 36.0 Å². The van der Waals surface area contributed by atoms with E-state index in [2.05, 4.69) is 27.4 Å². The maximum absolute atomic E-state index is 13.9. The number of halogens is 1. The number of rotatable bonds is 10. The van der Waals surface area contributed by atoms with Crippen molar-refractivity contribution in [1.29, 1.82) is 0 Å². The van der Waals surface area contributed by atoms with Crippen LogP contribution >= 0.6 is 11.8 Å². The first-order valence-corrected chi connectivity index (χ1v) is 11.1. The van der Waals surface area contributed by atoms with Crippen LogP contribution in [0.4, 0.5) is 10.1 Å². The number of hydrogen-bond donors (Lipinski definition) is 3. The maximum atomic E-state index is 13.9. The lowest BCUT2D eigenvalue weighted by Gasteiger charge is -2.15. The van der Waals surface area contributed by atoms with E-state index in [0.717, 1.165) is 11.8 Å². The number of allylic oxidation sites excluding steroid dienone is 1. The van der Waals surface area contributed by atoms with Crippen LogP contribution in [0.25, 0.3) is 0 Å². The first-order chi connectivity index (χ1) is 16.3. The van der Waals surface area contributed by atoms with Crippen LogP contribution in [-0.2, 0) is 11.3 Å². The minimum absolute atomic E-state index is 0.0114.